The van der Waals surface area contributed by atoms with E-state index in [1.54, 1.807) is 0 Å². The maximum Gasteiger partial charge on any atom is 0.322 e. The van der Waals surface area contributed by atoms with Crippen molar-refractivity contribution in [1.82, 2.24) is 4.90 Å². The largest absolute Gasteiger partial charge is 0.504 e. The van der Waals surface area contributed by atoms with E-state index in [-0.39, 0.29) is 32.0 Å². The van der Waals surface area contributed by atoms with Gasteiger partial charge in [0.25, 0.3) is 0 Å². The molecule has 0 aliphatic carbocycles. The van der Waals surface area contributed by atoms with Crippen LogP contribution in [0.1, 0.15) is 0 Å². The van der Waals surface area contributed by atoms with Crippen molar-refractivity contribution >= 4 is 11.7 Å². The van der Waals surface area contributed by atoms with Gasteiger partial charge in [-0.15, -0.1) is 0 Å². The Hall–Kier alpha value is -2.19. The standard InChI is InChI=1S/C11H16N2O6/c14-3-1-13(2-4-15)11(19)12-7-5-8(16)10(18)9(17)6-7/h5-6,14-18H,1-4H2,(H,12,19). The number of carbonyl (C=O) groups is 1. The van der Waals surface area contributed by atoms with Crippen LogP contribution in [-0.4, -0.2) is 62.8 Å². The van der Waals surface area contributed by atoms with Crippen LogP contribution >= 0.6 is 0 Å². The highest BCUT2D eigenvalue weighted by atomic mass is 16.3. The molecular formula is C11H16N2O6. The second-order valence-electron chi connectivity index (χ2n) is 3.73. The lowest BCUT2D eigenvalue weighted by molar-refractivity contribution is 0.167. The summed E-state index contributed by atoms with van der Waals surface area (Å²) in [6.07, 6.45) is 0. The van der Waals surface area contributed by atoms with Crippen LogP contribution in [0.25, 0.3) is 0 Å². The van der Waals surface area contributed by atoms with Crippen molar-refractivity contribution in [2.24, 2.45) is 0 Å². The molecule has 1 rings (SSSR count). The number of nitrogens with zero attached hydrogens (tertiary/aromatic N) is 1. The van der Waals surface area contributed by atoms with Crippen LogP contribution in [0.2, 0.25) is 0 Å². The molecule has 0 atom stereocenters. The second-order valence-corrected chi connectivity index (χ2v) is 3.73. The monoisotopic (exact) mass is 272 g/mol. The fourth-order valence-corrected chi connectivity index (χ4v) is 1.44. The van der Waals surface area contributed by atoms with Crippen molar-refractivity contribution in [2.45, 2.75) is 0 Å². The zero-order valence-corrected chi connectivity index (χ0v) is 10.1. The van der Waals surface area contributed by atoms with Gasteiger partial charge < -0.3 is 35.7 Å². The molecule has 0 saturated carbocycles. The summed E-state index contributed by atoms with van der Waals surface area (Å²) >= 11 is 0. The molecule has 2 amide bonds. The molecule has 19 heavy (non-hydrogen) atoms. The second kappa shape index (κ2) is 6.66. The minimum Gasteiger partial charge on any atom is -0.504 e. The van der Waals surface area contributed by atoms with Crippen LogP contribution in [-0.2, 0) is 0 Å². The Balaban J connectivity index is 2.80. The molecule has 8 heteroatoms. The average Bonchev–Trinajstić information content (AvgIpc) is 2.35. The molecule has 0 aliphatic heterocycles. The van der Waals surface area contributed by atoms with Gasteiger partial charge in [0.2, 0.25) is 0 Å². The number of urea groups is 1. The molecule has 106 valence electrons. The third-order valence-electron chi connectivity index (χ3n) is 2.35. The van der Waals surface area contributed by atoms with Crippen molar-refractivity contribution in [2.75, 3.05) is 31.6 Å². The molecule has 8 nitrogen and oxygen atoms in total. The smallest absolute Gasteiger partial charge is 0.322 e. The number of aliphatic hydroxyl groups excluding tert-OH is 2. The van der Waals surface area contributed by atoms with E-state index in [0.29, 0.717) is 0 Å². The molecule has 0 bridgehead atoms. The highest BCUT2D eigenvalue weighted by Crippen LogP contribution is 2.37. The lowest BCUT2D eigenvalue weighted by Crippen LogP contribution is -2.38. The normalized spacial score (nSPS) is 10.2. The fraction of sp³-hybridized carbons (Fsp3) is 0.364. The summed E-state index contributed by atoms with van der Waals surface area (Å²) in [6.45, 7) is -0.468. The quantitative estimate of drug-likeness (QED) is 0.320. The molecular weight excluding hydrogens is 256 g/mol. The SMILES string of the molecule is O=C(Nc1cc(O)c(O)c(O)c1)N(CCO)CCO. The van der Waals surface area contributed by atoms with Crippen molar-refractivity contribution in [3.63, 3.8) is 0 Å². The molecule has 0 radical (unpaired) electrons. The summed E-state index contributed by atoms with van der Waals surface area (Å²) in [5, 5.41) is 47.6. The minimum atomic E-state index is -0.680. The molecule has 1 aromatic carbocycles. The average molecular weight is 272 g/mol. The van der Waals surface area contributed by atoms with E-state index in [1.807, 2.05) is 0 Å². The first-order valence-electron chi connectivity index (χ1n) is 5.52. The summed E-state index contributed by atoms with van der Waals surface area (Å²) < 4.78 is 0. The van der Waals surface area contributed by atoms with Gasteiger partial charge in [-0.3, -0.25) is 0 Å². The topological polar surface area (TPSA) is 133 Å². The number of nitrogens with one attached hydrogen (secondary N) is 1. The number of hydrogen-bond donors (Lipinski definition) is 6. The Labute approximate surface area is 109 Å². The van der Waals surface area contributed by atoms with Gasteiger partial charge in [0, 0.05) is 25.2 Å². The zero-order chi connectivity index (χ0) is 14.4. The maximum absolute atomic E-state index is 11.8. The van der Waals surface area contributed by atoms with Gasteiger partial charge in [0.1, 0.15) is 0 Å². The Kier molecular flexibility index (Phi) is 5.22. The molecule has 6 N–H and O–H groups in total. The molecule has 1 aromatic rings. The molecule has 0 unspecified atom stereocenters. The van der Waals surface area contributed by atoms with Gasteiger partial charge in [0.15, 0.2) is 17.2 Å². The summed E-state index contributed by atoms with van der Waals surface area (Å²) in [5.41, 5.74) is 0.0682. The van der Waals surface area contributed by atoms with Crippen molar-refractivity contribution < 1.29 is 30.3 Å². The predicted molar refractivity (Wildman–Crippen MR) is 66.2 cm³/mol. The number of aliphatic hydroxyl groups is 2. The number of benzene rings is 1. The van der Waals surface area contributed by atoms with E-state index < -0.39 is 23.3 Å². The maximum atomic E-state index is 11.8. The summed E-state index contributed by atoms with van der Waals surface area (Å²) in [5.74, 6) is -1.84. The first-order chi connectivity index (χ1) is 8.99. The van der Waals surface area contributed by atoms with E-state index in [2.05, 4.69) is 5.32 Å². The molecule has 0 spiro atoms. The van der Waals surface area contributed by atoms with Crippen LogP contribution in [0.5, 0.6) is 17.2 Å². The Morgan fingerprint density at radius 1 is 1.05 bits per heavy atom. The number of phenols is 3. The number of carbonyl (C=O) groups excluding carboxylic acids is 1. The lowest BCUT2D eigenvalue weighted by atomic mass is 10.2. The lowest BCUT2D eigenvalue weighted by Gasteiger charge is -2.21. The molecule has 0 saturated heterocycles. The molecule has 0 aromatic heterocycles. The fourth-order valence-electron chi connectivity index (χ4n) is 1.44. The number of aromatic hydroxyl groups is 3. The summed E-state index contributed by atoms with van der Waals surface area (Å²) in [4.78, 5) is 12.9. The van der Waals surface area contributed by atoms with Gasteiger partial charge in [-0.25, -0.2) is 4.79 Å². The Bertz CT molecular complexity index is 422. The predicted octanol–water partition coefficient (Wildman–Crippen LogP) is -0.378. The van der Waals surface area contributed by atoms with Crippen LogP contribution in [0.3, 0.4) is 0 Å². The summed E-state index contributed by atoms with van der Waals surface area (Å²) in [6, 6.07) is 1.50. The number of phenolic OH excluding ortho intramolecular Hbond substituents is 3. The van der Waals surface area contributed by atoms with E-state index in [4.69, 9.17) is 15.3 Å². The number of rotatable bonds is 5. The van der Waals surface area contributed by atoms with Crippen molar-refractivity contribution in [1.29, 1.82) is 0 Å². The third kappa shape index (κ3) is 3.90. The van der Waals surface area contributed by atoms with Gasteiger partial charge in [-0.1, -0.05) is 0 Å². The number of hydrogen-bond acceptors (Lipinski definition) is 6. The van der Waals surface area contributed by atoms with Crippen molar-refractivity contribution in [3.8, 4) is 17.2 Å². The Morgan fingerprint density at radius 2 is 1.53 bits per heavy atom. The van der Waals surface area contributed by atoms with Gasteiger partial charge in [-0.2, -0.15) is 0 Å². The third-order valence-corrected chi connectivity index (χ3v) is 2.35. The van der Waals surface area contributed by atoms with Crippen molar-refractivity contribution in [3.05, 3.63) is 12.1 Å². The zero-order valence-electron chi connectivity index (χ0n) is 10.1. The van der Waals surface area contributed by atoms with Gasteiger partial charge in [0.05, 0.1) is 18.9 Å². The van der Waals surface area contributed by atoms with E-state index in [9.17, 15) is 15.0 Å². The van der Waals surface area contributed by atoms with Crippen LogP contribution in [0.4, 0.5) is 10.5 Å². The Morgan fingerprint density at radius 3 is 1.95 bits per heavy atom. The molecule has 0 fully saturated rings. The van der Waals surface area contributed by atoms with Gasteiger partial charge >= 0.3 is 6.03 Å². The van der Waals surface area contributed by atoms with E-state index >= 15 is 0 Å². The highest BCUT2D eigenvalue weighted by molar-refractivity contribution is 5.90. The molecule has 0 aliphatic rings. The minimum absolute atomic E-state index is 0.0302. The van der Waals surface area contributed by atoms with Gasteiger partial charge in [-0.05, 0) is 0 Å². The van der Waals surface area contributed by atoms with Crippen LogP contribution in [0, 0.1) is 0 Å². The van der Waals surface area contributed by atoms with Crippen LogP contribution in [0.15, 0.2) is 12.1 Å². The first-order valence-corrected chi connectivity index (χ1v) is 5.52. The highest BCUT2D eigenvalue weighted by Gasteiger charge is 2.14. The summed E-state index contributed by atoms with van der Waals surface area (Å²) in [7, 11) is 0. The molecule has 0 heterocycles. The first kappa shape index (κ1) is 14.9. The van der Waals surface area contributed by atoms with E-state index in [0.717, 1.165) is 17.0 Å². The number of anilines is 1. The van der Waals surface area contributed by atoms with Crippen LogP contribution < -0.4 is 5.32 Å². The number of amides is 2. The van der Waals surface area contributed by atoms with E-state index in [1.165, 1.54) is 0 Å².